The molecule has 0 amide bonds. The third-order valence-electron chi connectivity index (χ3n) is 12.3. The van der Waals surface area contributed by atoms with Gasteiger partial charge < -0.3 is 29.9 Å². The molecule has 4 N–H and O–H groups in total. The van der Waals surface area contributed by atoms with E-state index in [-0.39, 0.29) is 67.4 Å². The highest BCUT2D eigenvalue weighted by atomic mass is 16.6. The van der Waals surface area contributed by atoms with Gasteiger partial charge in [0.05, 0.1) is 36.4 Å². The van der Waals surface area contributed by atoms with Crippen LogP contribution in [0.15, 0.2) is 11.1 Å². The summed E-state index contributed by atoms with van der Waals surface area (Å²) >= 11 is 0. The van der Waals surface area contributed by atoms with Crippen molar-refractivity contribution in [3.63, 3.8) is 0 Å². The summed E-state index contributed by atoms with van der Waals surface area (Å²) in [6.07, 6.45) is 3.85. The van der Waals surface area contributed by atoms with Crippen molar-refractivity contribution in [2.75, 3.05) is 19.8 Å². The summed E-state index contributed by atoms with van der Waals surface area (Å²) in [5, 5.41) is 41.4. The number of carbonyl (C=O) groups is 2. The molecule has 4 saturated carbocycles. The van der Waals surface area contributed by atoms with Crippen molar-refractivity contribution in [2.24, 2.45) is 46.3 Å². The van der Waals surface area contributed by atoms with Crippen LogP contribution in [0.5, 0.6) is 0 Å². The van der Waals surface area contributed by atoms with Crippen LogP contribution in [-0.2, 0) is 19.1 Å². The van der Waals surface area contributed by atoms with Gasteiger partial charge in [-0.1, -0.05) is 19.4 Å². The number of hydrogen-bond acceptors (Lipinski definition) is 8. The van der Waals surface area contributed by atoms with Gasteiger partial charge in [0.2, 0.25) is 0 Å². The quantitative estimate of drug-likeness (QED) is 0.319. The Kier molecular flexibility index (Phi) is 6.02. The van der Waals surface area contributed by atoms with Crippen molar-refractivity contribution in [1.82, 2.24) is 0 Å². The zero-order chi connectivity index (χ0) is 26.5. The molecule has 5 fully saturated rings. The van der Waals surface area contributed by atoms with Gasteiger partial charge in [0.15, 0.2) is 0 Å². The second-order valence-electron chi connectivity index (χ2n) is 13.3. The molecule has 8 heteroatoms. The highest BCUT2D eigenvalue weighted by Gasteiger charge is 2.83. The van der Waals surface area contributed by atoms with Crippen LogP contribution in [0, 0.1) is 46.3 Å². The molecular formula is C29H42O8. The molecule has 4 aliphatic carbocycles. The van der Waals surface area contributed by atoms with Crippen LogP contribution in [0.3, 0.4) is 0 Å². The fourth-order valence-corrected chi connectivity index (χ4v) is 10.4. The van der Waals surface area contributed by atoms with E-state index in [0.717, 1.165) is 37.7 Å². The van der Waals surface area contributed by atoms with Gasteiger partial charge in [0.25, 0.3) is 0 Å². The van der Waals surface area contributed by atoms with Crippen molar-refractivity contribution in [3.8, 4) is 0 Å². The second-order valence-corrected chi connectivity index (χ2v) is 13.3. The maximum Gasteiger partial charge on any atom is 0.336 e. The first-order chi connectivity index (χ1) is 17.6. The van der Waals surface area contributed by atoms with Gasteiger partial charge in [-0.05, 0) is 74.0 Å². The summed E-state index contributed by atoms with van der Waals surface area (Å²) < 4.78 is 12.1. The Balaban J connectivity index is 1.28. The topological polar surface area (TPSA) is 137 Å². The van der Waals surface area contributed by atoms with Crippen molar-refractivity contribution in [1.29, 1.82) is 0 Å². The second kappa shape index (κ2) is 8.59. The molecule has 0 aromatic carbocycles. The van der Waals surface area contributed by atoms with Crippen molar-refractivity contribution >= 4 is 11.8 Å². The van der Waals surface area contributed by atoms with Gasteiger partial charge in [0.1, 0.15) is 17.5 Å². The highest BCUT2D eigenvalue weighted by Crippen LogP contribution is 2.74. The smallest absolute Gasteiger partial charge is 0.336 e. The fourth-order valence-electron chi connectivity index (χ4n) is 10.4. The van der Waals surface area contributed by atoms with Crippen LogP contribution in [0.4, 0.5) is 0 Å². The lowest BCUT2D eigenvalue weighted by Crippen LogP contribution is -2.69. The van der Waals surface area contributed by atoms with Crippen molar-refractivity contribution in [2.45, 2.75) is 89.6 Å². The predicted octanol–water partition coefficient (Wildman–Crippen LogP) is 1.77. The number of aliphatic hydroxyl groups is 4. The van der Waals surface area contributed by atoms with E-state index >= 15 is 0 Å². The van der Waals surface area contributed by atoms with Crippen molar-refractivity contribution in [3.05, 3.63) is 11.1 Å². The number of cyclic esters (lactones) is 1. The zero-order valence-electron chi connectivity index (χ0n) is 22.2. The van der Waals surface area contributed by atoms with Gasteiger partial charge in [-0.2, -0.15) is 0 Å². The molecule has 6 rings (SSSR count). The van der Waals surface area contributed by atoms with Gasteiger partial charge in [-0.3, -0.25) is 4.79 Å². The van der Waals surface area contributed by atoms with Gasteiger partial charge in [0, 0.05) is 25.4 Å². The summed E-state index contributed by atoms with van der Waals surface area (Å²) in [4.78, 5) is 26.2. The number of epoxide rings is 1. The monoisotopic (exact) mass is 518 g/mol. The number of aliphatic hydroxyl groups excluding tert-OH is 4. The molecule has 8 nitrogen and oxygen atoms in total. The molecule has 0 aromatic rings. The minimum absolute atomic E-state index is 0.0252. The van der Waals surface area contributed by atoms with Crippen LogP contribution in [-0.4, -0.2) is 75.9 Å². The molecule has 2 aliphatic heterocycles. The van der Waals surface area contributed by atoms with Gasteiger partial charge >= 0.3 is 5.97 Å². The Bertz CT molecular complexity index is 1020. The van der Waals surface area contributed by atoms with Gasteiger partial charge in [-0.25, -0.2) is 4.79 Å². The number of carbonyl (C=O) groups excluding carboxylic acids is 2. The van der Waals surface area contributed by atoms with E-state index in [1.165, 1.54) is 0 Å². The average molecular weight is 519 g/mol. The Labute approximate surface area is 218 Å². The van der Waals surface area contributed by atoms with Crippen LogP contribution >= 0.6 is 0 Å². The average Bonchev–Trinajstić information content (AvgIpc) is 3.50. The van der Waals surface area contributed by atoms with Crippen molar-refractivity contribution < 1.29 is 39.5 Å². The Morgan fingerprint density at radius 2 is 1.84 bits per heavy atom. The maximum absolute atomic E-state index is 13.7. The first kappa shape index (κ1) is 25.9. The van der Waals surface area contributed by atoms with E-state index < -0.39 is 29.0 Å². The van der Waals surface area contributed by atoms with Crippen LogP contribution in [0.2, 0.25) is 0 Å². The third-order valence-corrected chi connectivity index (χ3v) is 12.3. The van der Waals surface area contributed by atoms with E-state index in [0.29, 0.717) is 23.8 Å². The highest BCUT2D eigenvalue weighted by molar-refractivity contribution is 5.90. The Morgan fingerprint density at radius 1 is 1.08 bits per heavy atom. The number of ether oxygens (including phenoxy) is 2. The minimum Gasteiger partial charge on any atom is -0.458 e. The standard InChI is InChI=1S/C29H42O8/c1-14-8-22(36-26(35)18(14)12-31)15(2)19-4-5-20-17-10-24-29(37-24)25(34)16(11-30)9-23(33)28(29,13-32)21(17)6-7-27(19,20)3/h15-17,19-22,24-25,30-32,34H,4-13H2,1-3H3/t15-,16+,17-,19+,20-,21-,22+,24+,25-,27+,28-,29-/m0/s1. The molecule has 2 heterocycles. The maximum atomic E-state index is 13.7. The van der Waals surface area contributed by atoms with Gasteiger partial charge in [-0.15, -0.1) is 0 Å². The van der Waals surface area contributed by atoms with Crippen LogP contribution in [0.25, 0.3) is 0 Å². The predicted molar refractivity (Wildman–Crippen MR) is 132 cm³/mol. The Morgan fingerprint density at radius 3 is 2.49 bits per heavy atom. The molecule has 1 saturated heterocycles. The SMILES string of the molecule is CC1=C(CO)C(=O)O[C@@H]([C@@H](C)[C@H]2CC[C@H]3[C@@H]4C[C@H]5O[C@]56[C@@H](O)[C@@H](CO)CC(=O)[C@]6(CO)[C@H]4CC[C@]23C)C1. The molecule has 1 spiro atoms. The number of esters is 1. The van der Waals surface area contributed by atoms with E-state index in [1.54, 1.807) is 0 Å². The molecule has 6 aliphatic rings. The van der Waals surface area contributed by atoms with E-state index in [2.05, 4.69) is 13.8 Å². The molecule has 0 unspecified atom stereocenters. The molecule has 37 heavy (non-hydrogen) atoms. The first-order valence-corrected chi connectivity index (χ1v) is 14.2. The molecule has 12 atom stereocenters. The number of ketones is 1. The summed E-state index contributed by atoms with van der Waals surface area (Å²) in [5.41, 5.74) is -0.842. The molecular weight excluding hydrogens is 476 g/mol. The van der Waals surface area contributed by atoms with Crippen LogP contribution in [0.1, 0.15) is 65.7 Å². The third kappa shape index (κ3) is 3.14. The largest absolute Gasteiger partial charge is 0.458 e. The molecule has 0 bridgehead atoms. The summed E-state index contributed by atoms with van der Waals surface area (Å²) in [7, 11) is 0. The number of fused-ring (bicyclic) bond motifs is 4. The lowest BCUT2D eigenvalue weighted by Gasteiger charge is -2.60. The fraction of sp³-hybridized carbons (Fsp3) is 0.862. The van der Waals surface area contributed by atoms with Crippen LogP contribution < -0.4 is 0 Å². The Hall–Kier alpha value is -1.32. The lowest BCUT2D eigenvalue weighted by molar-refractivity contribution is -0.187. The molecule has 0 aromatic heterocycles. The van der Waals surface area contributed by atoms with E-state index in [4.69, 9.17) is 9.47 Å². The number of rotatable bonds is 5. The zero-order valence-corrected chi connectivity index (χ0v) is 22.2. The van der Waals surface area contributed by atoms with E-state index in [9.17, 15) is 30.0 Å². The summed E-state index contributed by atoms with van der Waals surface area (Å²) in [5.74, 6) is 0.0802. The summed E-state index contributed by atoms with van der Waals surface area (Å²) in [6, 6.07) is 0. The van der Waals surface area contributed by atoms with E-state index in [1.807, 2.05) is 6.92 Å². The molecule has 206 valence electrons. The number of hydrogen-bond donors (Lipinski definition) is 4. The molecule has 0 radical (unpaired) electrons. The lowest BCUT2D eigenvalue weighted by atomic mass is 9.42. The first-order valence-electron chi connectivity index (χ1n) is 14.2. The minimum atomic E-state index is -1.10. The normalized spacial score (nSPS) is 51.5. The summed E-state index contributed by atoms with van der Waals surface area (Å²) in [6.45, 7) is 5.60. The number of Topliss-reactive ketones (excluding diaryl/α,β-unsaturated/α-hetero) is 1.